The highest BCUT2D eigenvalue weighted by Gasteiger charge is 2.12. The van der Waals surface area contributed by atoms with Crippen LogP contribution in [0.5, 0.6) is 5.75 Å². The van der Waals surface area contributed by atoms with Crippen LogP contribution in [0.2, 0.25) is 5.02 Å². The number of rotatable bonds is 4. The number of para-hydroxylation sites is 2. The van der Waals surface area contributed by atoms with Gasteiger partial charge in [0.1, 0.15) is 5.75 Å². The summed E-state index contributed by atoms with van der Waals surface area (Å²) in [5.41, 5.74) is 0.531. The van der Waals surface area contributed by atoms with Crippen LogP contribution in [0.15, 0.2) is 48.5 Å². The second-order valence-electron chi connectivity index (χ2n) is 4.29. The Hall–Kier alpha value is -2.25. The Morgan fingerprint density at radius 3 is 2.61 bits per heavy atom. The first-order chi connectivity index (χ1) is 11.0. The summed E-state index contributed by atoms with van der Waals surface area (Å²) in [7, 11) is 0. The Morgan fingerprint density at radius 1 is 1.17 bits per heavy atom. The van der Waals surface area contributed by atoms with Crippen molar-refractivity contribution in [1.29, 1.82) is 0 Å². The van der Waals surface area contributed by atoms with E-state index in [0.29, 0.717) is 10.6 Å². The molecule has 2 aromatic rings. The first kappa shape index (κ1) is 17.1. The molecule has 8 heteroatoms. The molecule has 0 aliphatic rings. The average Bonchev–Trinajstić information content (AvgIpc) is 2.48. The third-order valence-electron chi connectivity index (χ3n) is 2.67. The van der Waals surface area contributed by atoms with Crippen molar-refractivity contribution in [3.8, 4) is 5.75 Å². The Labute approximate surface area is 141 Å². The highest BCUT2D eigenvalue weighted by molar-refractivity contribution is 7.80. The topological polar surface area (TPSA) is 50.4 Å². The molecule has 120 valence electrons. The van der Waals surface area contributed by atoms with E-state index in [-0.39, 0.29) is 16.5 Å². The molecule has 0 saturated heterocycles. The normalized spacial score (nSPS) is 10.3. The second-order valence-corrected chi connectivity index (χ2v) is 5.14. The number of halogens is 3. The predicted octanol–water partition coefficient (Wildman–Crippen LogP) is 4.07. The van der Waals surface area contributed by atoms with Gasteiger partial charge in [-0.2, -0.15) is 8.78 Å². The fraction of sp³-hybridized carbons (Fsp3) is 0.0667. The summed E-state index contributed by atoms with van der Waals surface area (Å²) in [5.74, 6) is -0.556. The van der Waals surface area contributed by atoms with Crippen LogP contribution in [0.4, 0.5) is 14.5 Å². The summed E-state index contributed by atoms with van der Waals surface area (Å²) in [6, 6.07) is 12.3. The maximum Gasteiger partial charge on any atom is 0.387 e. The maximum absolute atomic E-state index is 12.3. The van der Waals surface area contributed by atoms with Crippen LogP contribution >= 0.6 is 23.8 Å². The van der Waals surface area contributed by atoms with Crippen molar-refractivity contribution in [1.82, 2.24) is 5.32 Å². The summed E-state index contributed by atoms with van der Waals surface area (Å²) in [5, 5.41) is 5.43. The zero-order valence-electron chi connectivity index (χ0n) is 11.6. The minimum absolute atomic E-state index is 0.0553. The van der Waals surface area contributed by atoms with Crippen molar-refractivity contribution in [2.24, 2.45) is 0 Å². The van der Waals surface area contributed by atoms with Crippen molar-refractivity contribution in [3.05, 3.63) is 59.1 Å². The van der Waals surface area contributed by atoms with E-state index in [0.717, 1.165) is 0 Å². The van der Waals surface area contributed by atoms with Crippen molar-refractivity contribution in [2.75, 3.05) is 5.32 Å². The molecule has 0 aliphatic carbocycles. The Bertz CT molecular complexity index is 728. The molecular weight excluding hydrogens is 346 g/mol. The maximum atomic E-state index is 12.3. The molecule has 2 N–H and O–H groups in total. The minimum atomic E-state index is -2.97. The van der Waals surface area contributed by atoms with Gasteiger partial charge in [-0.1, -0.05) is 29.8 Å². The molecule has 23 heavy (non-hydrogen) atoms. The summed E-state index contributed by atoms with van der Waals surface area (Å²) in [6.07, 6.45) is 0. The van der Waals surface area contributed by atoms with E-state index in [1.54, 1.807) is 24.3 Å². The van der Waals surface area contributed by atoms with Crippen molar-refractivity contribution < 1.29 is 18.3 Å². The highest BCUT2D eigenvalue weighted by Crippen LogP contribution is 2.25. The molecular formula is C15H11ClF2N2O2S. The number of ether oxygens (including phenoxy) is 1. The fourth-order valence-corrected chi connectivity index (χ4v) is 2.12. The molecule has 1 amide bonds. The molecule has 0 atom stereocenters. The molecule has 0 spiro atoms. The van der Waals surface area contributed by atoms with Crippen LogP contribution < -0.4 is 15.4 Å². The molecule has 2 rings (SSSR count). The fourth-order valence-electron chi connectivity index (χ4n) is 1.73. The Morgan fingerprint density at radius 2 is 1.91 bits per heavy atom. The summed E-state index contributed by atoms with van der Waals surface area (Å²) in [4.78, 5) is 12.0. The molecule has 4 nitrogen and oxygen atoms in total. The van der Waals surface area contributed by atoms with E-state index in [9.17, 15) is 13.6 Å². The number of thiocarbonyl (C=S) groups is 1. The third-order valence-corrected chi connectivity index (χ3v) is 3.10. The Balaban J connectivity index is 2.04. The zero-order valence-corrected chi connectivity index (χ0v) is 13.1. The van der Waals surface area contributed by atoms with E-state index >= 15 is 0 Å². The summed E-state index contributed by atoms with van der Waals surface area (Å²) in [6.45, 7) is -2.97. The molecule has 0 fully saturated rings. The zero-order chi connectivity index (χ0) is 16.8. The average molecular weight is 357 g/mol. The van der Waals surface area contributed by atoms with Gasteiger partial charge in [-0.3, -0.25) is 10.1 Å². The third kappa shape index (κ3) is 5.15. The lowest BCUT2D eigenvalue weighted by atomic mass is 10.2. The van der Waals surface area contributed by atoms with Gasteiger partial charge < -0.3 is 10.1 Å². The van der Waals surface area contributed by atoms with E-state index < -0.39 is 12.5 Å². The van der Waals surface area contributed by atoms with E-state index in [1.165, 1.54) is 24.3 Å². The first-order valence-corrected chi connectivity index (χ1v) is 7.16. The lowest BCUT2D eigenvalue weighted by Gasteiger charge is -2.13. The van der Waals surface area contributed by atoms with Crippen LogP contribution in [0.3, 0.4) is 0 Å². The van der Waals surface area contributed by atoms with Crippen LogP contribution in [-0.2, 0) is 0 Å². The smallest absolute Gasteiger partial charge is 0.387 e. The SMILES string of the molecule is O=C(NC(=S)Nc1ccccc1OC(F)F)c1cccc(Cl)c1. The van der Waals surface area contributed by atoms with E-state index in [2.05, 4.69) is 15.4 Å². The van der Waals surface area contributed by atoms with E-state index in [1.807, 2.05) is 0 Å². The number of hydrogen-bond acceptors (Lipinski definition) is 3. The number of nitrogens with one attached hydrogen (secondary N) is 2. The number of carbonyl (C=O) groups excluding carboxylic acids is 1. The van der Waals surface area contributed by atoms with Crippen LogP contribution in [0.1, 0.15) is 10.4 Å². The molecule has 0 radical (unpaired) electrons. The molecule has 0 unspecified atom stereocenters. The second kappa shape index (κ2) is 7.85. The van der Waals surface area contributed by atoms with Crippen molar-refractivity contribution >= 4 is 40.5 Å². The Kier molecular flexibility index (Phi) is 5.84. The number of amides is 1. The molecule has 0 saturated carbocycles. The standard InChI is InChI=1S/C15H11ClF2N2O2S/c16-10-5-3-4-9(8-10)13(21)20-15(23)19-11-6-1-2-7-12(11)22-14(17)18/h1-8,14H,(H2,19,20,21,23). The number of alkyl halides is 2. The molecule has 0 heterocycles. The lowest BCUT2D eigenvalue weighted by molar-refractivity contribution is -0.0493. The number of hydrogen-bond donors (Lipinski definition) is 2. The number of carbonyl (C=O) groups is 1. The minimum Gasteiger partial charge on any atom is -0.433 e. The number of benzene rings is 2. The summed E-state index contributed by atoms with van der Waals surface area (Å²) >= 11 is 10.8. The lowest BCUT2D eigenvalue weighted by Crippen LogP contribution is -2.34. The van der Waals surface area contributed by atoms with Gasteiger partial charge in [0, 0.05) is 10.6 Å². The van der Waals surface area contributed by atoms with Gasteiger partial charge in [-0.15, -0.1) is 0 Å². The van der Waals surface area contributed by atoms with Crippen LogP contribution in [0.25, 0.3) is 0 Å². The van der Waals surface area contributed by atoms with Gasteiger partial charge in [-0.25, -0.2) is 0 Å². The summed E-state index contributed by atoms with van der Waals surface area (Å²) < 4.78 is 29.1. The van der Waals surface area contributed by atoms with E-state index in [4.69, 9.17) is 23.8 Å². The molecule has 0 bridgehead atoms. The van der Waals surface area contributed by atoms with Crippen LogP contribution in [0, 0.1) is 0 Å². The van der Waals surface area contributed by atoms with Gasteiger partial charge in [-0.05, 0) is 42.5 Å². The van der Waals surface area contributed by atoms with Gasteiger partial charge in [0.25, 0.3) is 5.91 Å². The quantitative estimate of drug-likeness (QED) is 0.811. The van der Waals surface area contributed by atoms with Gasteiger partial charge >= 0.3 is 6.61 Å². The van der Waals surface area contributed by atoms with Gasteiger partial charge in [0.05, 0.1) is 5.69 Å². The molecule has 0 aromatic heterocycles. The number of anilines is 1. The predicted molar refractivity (Wildman–Crippen MR) is 88.2 cm³/mol. The van der Waals surface area contributed by atoms with Gasteiger partial charge in [0.2, 0.25) is 0 Å². The van der Waals surface area contributed by atoms with Crippen molar-refractivity contribution in [3.63, 3.8) is 0 Å². The first-order valence-electron chi connectivity index (χ1n) is 6.37. The largest absolute Gasteiger partial charge is 0.433 e. The highest BCUT2D eigenvalue weighted by atomic mass is 35.5. The molecule has 0 aliphatic heterocycles. The van der Waals surface area contributed by atoms with Crippen molar-refractivity contribution in [2.45, 2.75) is 6.61 Å². The van der Waals surface area contributed by atoms with Crippen LogP contribution in [-0.4, -0.2) is 17.6 Å². The molecule has 2 aromatic carbocycles. The van der Waals surface area contributed by atoms with Gasteiger partial charge in [0.15, 0.2) is 5.11 Å². The monoisotopic (exact) mass is 356 g/mol.